The van der Waals surface area contributed by atoms with Crippen molar-refractivity contribution in [3.05, 3.63) is 27.7 Å². The molecule has 0 bridgehead atoms. The lowest BCUT2D eigenvalue weighted by molar-refractivity contribution is 0.0561. The molecule has 0 aliphatic carbocycles. The van der Waals surface area contributed by atoms with E-state index in [9.17, 15) is 4.79 Å². The third-order valence-electron chi connectivity index (χ3n) is 3.21. The highest BCUT2D eigenvalue weighted by Crippen LogP contribution is 2.31. The van der Waals surface area contributed by atoms with E-state index in [4.69, 9.17) is 32.7 Å². The molecular weight excluding hydrogens is 301 g/mol. The van der Waals surface area contributed by atoms with Crippen molar-refractivity contribution in [3.63, 3.8) is 0 Å². The molecule has 1 fully saturated rings. The zero-order valence-electron chi connectivity index (χ0n) is 11.5. The van der Waals surface area contributed by atoms with Gasteiger partial charge in [-0.2, -0.15) is 0 Å². The fraction of sp³-hybridized carbons (Fsp3) is 0.500. The molecule has 110 valence electrons. The number of hydrogen-bond acceptors (Lipinski definition) is 3. The Morgan fingerprint density at radius 3 is 2.80 bits per heavy atom. The fourth-order valence-electron chi connectivity index (χ4n) is 2.21. The number of benzene rings is 1. The van der Waals surface area contributed by atoms with E-state index in [1.807, 2.05) is 6.92 Å². The maximum absolute atomic E-state index is 12.6. The highest BCUT2D eigenvalue weighted by atomic mass is 35.5. The summed E-state index contributed by atoms with van der Waals surface area (Å²) in [6, 6.07) is 3.12. The van der Waals surface area contributed by atoms with Crippen LogP contribution >= 0.6 is 23.2 Å². The van der Waals surface area contributed by atoms with Gasteiger partial charge in [0.15, 0.2) is 0 Å². The van der Waals surface area contributed by atoms with Crippen LogP contribution in [0.2, 0.25) is 10.0 Å². The summed E-state index contributed by atoms with van der Waals surface area (Å²) in [6.45, 7) is 3.84. The molecule has 1 aliphatic rings. The first-order valence-corrected chi connectivity index (χ1v) is 7.22. The Kier molecular flexibility index (Phi) is 5.13. The molecule has 1 aromatic rings. The SMILES string of the molecule is COc1cc(Cl)c(Cl)cc1C(=O)N1CCCOC(C)C1. The Balaban J connectivity index is 2.30. The van der Waals surface area contributed by atoms with Gasteiger partial charge in [-0.15, -0.1) is 0 Å². The van der Waals surface area contributed by atoms with Crippen molar-refractivity contribution in [1.29, 1.82) is 0 Å². The van der Waals surface area contributed by atoms with Crippen LogP contribution in [0.4, 0.5) is 0 Å². The molecule has 20 heavy (non-hydrogen) atoms. The molecule has 0 spiro atoms. The van der Waals surface area contributed by atoms with Gasteiger partial charge in [-0.05, 0) is 19.4 Å². The summed E-state index contributed by atoms with van der Waals surface area (Å²) < 4.78 is 10.8. The molecule has 0 radical (unpaired) electrons. The largest absolute Gasteiger partial charge is 0.496 e. The van der Waals surface area contributed by atoms with Crippen LogP contribution in [0.3, 0.4) is 0 Å². The van der Waals surface area contributed by atoms with Gasteiger partial charge in [-0.3, -0.25) is 4.79 Å². The summed E-state index contributed by atoms with van der Waals surface area (Å²) in [5.74, 6) is 0.319. The molecule has 1 saturated heterocycles. The van der Waals surface area contributed by atoms with Crippen LogP contribution in [0.1, 0.15) is 23.7 Å². The molecule has 0 aromatic heterocycles. The second kappa shape index (κ2) is 6.66. The number of halogens is 2. The van der Waals surface area contributed by atoms with E-state index < -0.39 is 0 Å². The summed E-state index contributed by atoms with van der Waals surface area (Å²) in [6.07, 6.45) is 0.843. The normalized spacial score (nSPS) is 19.6. The number of nitrogens with zero attached hydrogens (tertiary/aromatic N) is 1. The predicted octanol–water partition coefficient (Wildman–Crippen LogP) is 3.25. The van der Waals surface area contributed by atoms with Crippen LogP contribution in [0.15, 0.2) is 12.1 Å². The van der Waals surface area contributed by atoms with Crippen molar-refractivity contribution in [2.24, 2.45) is 0 Å². The molecule has 6 heteroatoms. The number of rotatable bonds is 2. The minimum Gasteiger partial charge on any atom is -0.496 e. The first kappa shape index (κ1) is 15.4. The zero-order chi connectivity index (χ0) is 14.7. The molecule has 2 rings (SSSR count). The van der Waals surface area contributed by atoms with Crippen LogP contribution in [0.25, 0.3) is 0 Å². The molecule has 1 heterocycles. The van der Waals surface area contributed by atoms with E-state index in [2.05, 4.69) is 0 Å². The number of amides is 1. The van der Waals surface area contributed by atoms with E-state index in [0.717, 1.165) is 6.42 Å². The Bertz CT molecular complexity index is 507. The molecule has 1 atom stereocenters. The smallest absolute Gasteiger partial charge is 0.257 e. The molecule has 0 N–H and O–H groups in total. The maximum atomic E-state index is 12.6. The van der Waals surface area contributed by atoms with E-state index in [0.29, 0.717) is 41.1 Å². The van der Waals surface area contributed by atoms with Gasteiger partial charge in [0.1, 0.15) is 5.75 Å². The molecule has 1 amide bonds. The minimum atomic E-state index is -0.113. The van der Waals surface area contributed by atoms with Gasteiger partial charge in [-0.25, -0.2) is 0 Å². The van der Waals surface area contributed by atoms with Crippen LogP contribution in [-0.4, -0.2) is 43.7 Å². The highest BCUT2D eigenvalue weighted by molar-refractivity contribution is 6.42. The van der Waals surface area contributed by atoms with Gasteiger partial charge in [0, 0.05) is 25.8 Å². The average Bonchev–Trinajstić information content (AvgIpc) is 2.65. The summed E-state index contributed by atoms with van der Waals surface area (Å²) in [4.78, 5) is 14.4. The summed E-state index contributed by atoms with van der Waals surface area (Å²) in [5, 5.41) is 0.711. The monoisotopic (exact) mass is 317 g/mol. The van der Waals surface area contributed by atoms with E-state index in [-0.39, 0.29) is 12.0 Å². The average molecular weight is 318 g/mol. The second-order valence-corrected chi connectivity index (χ2v) is 5.57. The Morgan fingerprint density at radius 2 is 2.10 bits per heavy atom. The van der Waals surface area contributed by atoms with Crippen LogP contribution in [0, 0.1) is 0 Å². The van der Waals surface area contributed by atoms with Gasteiger partial charge < -0.3 is 14.4 Å². The van der Waals surface area contributed by atoms with Crippen molar-refractivity contribution in [1.82, 2.24) is 4.90 Å². The summed E-state index contributed by atoms with van der Waals surface area (Å²) in [5.41, 5.74) is 0.427. The summed E-state index contributed by atoms with van der Waals surface area (Å²) in [7, 11) is 1.50. The fourth-order valence-corrected chi connectivity index (χ4v) is 2.53. The Labute approximate surface area is 128 Å². The number of ether oxygens (including phenoxy) is 2. The van der Waals surface area contributed by atoms with Crippen LogP contribution in [-0.2, 0) is 4.74 Å². The van der Waals surface area contributed by atoms with Gasteiger partial charge in [-0.1, -0.05) is 23.2 Å². The van der Waals surface area contributed by atoms with Crippen LogP contribution in [0.5, 0.6) is 5.75 Å². The second-order valence-electron chi connectivity index (χ2n) is 4.75. The third-order valence-corrected chi connectivity index (χ3v) is 3.93. The zero-order valence-corrected chi connectivity index (χ0v) is 13.0. The topological polar surface area (TPSA) is 38.8 Å². The van der Waals surface area contributed by atoms with Crippen molar-refractivity contribution < 1.29 is 14.3 Å². The molecule has 1 aliphatic heterocycles. The molecule has 0 saturated carbocycles. The first-order valence-electron chi connectivity index (χ1n) is 6.47. The van der Waals surface area contributed by atoms with Crippen molar-refractivity contribution in [2.45, 2.75) is 19.4 Å². The lowest BCUT2D eigenvalue weighted by Gasteiger charge is -2.23. The molecule has 1 unspecified atom stereocenters. The van der Waals surface area contributed by atoms with Gasteiger partial charge in [0.05, 0.1) is 28.8 Å². The van der Waals surface area contributed by atoms with E-state index in [1.165, 1.54) is 7.11 Å². The number of carbonyl (C=O) groups is 1. The van der Waals surface area contributed by atoms with Gasteiger partial charge >= 0.3 is 0 Å². The quantitative estimate of drug-likeness (QED) is 0.840. The Morgan fingerprint density at radius 1 is 1.40 bits per heavy atom. The summed E-state index contributed by atoms with van der Waals surface area (Å²) >= 11 is 12.0. The van der Waals surface area contributed by atoms with E-state index in [1.54, 1.807) is 17.0 Å². The van der Waals surface area contributed by atoms with Crippen molar-refractivity contribution in [3.8, 4) is 5.75 Å². The number of carbonyl (C=O) groups excluding carboxylic acids is 1. The first-order chi connectivity index (χ1) is 9.52. The van der Waals surface area contributed by atoms with Gasteiger partial charge in [0.25, 0.3) is 5.91 Å². The molecule has 4 nitrogen and oxygen atoms in total. The lowest BCUT2D eigenvalue weighted by atomic mass is 10.1. The van der Waals surface area contributed by atoms with Gasteiger partial charge in [0.2, 0.25) is 0 Å². The number of methoxy groups -OCH3 is 1. The predicted molar refractivity (Wildman–Crippen MR) is 78.9 cm³/mol. The van der Waals surface area contributed by atoms with Crippen molar-refractivity contribution in [2.75, 3.05) is 26.8 Å². The Hall–Kier alpha value is -0.970. The number of hydrogen-bond donors (Lipinski definition) is 0. The minimum absolute atomic E-state index is 0.0233. The highest BCUT2D eigenvalue weighted by Gasteiger charge is 2.24. The molecular formula is C14H17Cl2NO3. The standard InChI is InChI=1S/C14H17Cl2NO3/c1-9-8-17(4-3-5-20-9)14(18)10-6-11(15)12(16)7-13(10)19-2/h6-7,9H,3-5,8H2,1-2H3. The third kappa shape index (κ3) is 3.37. The van der Waals surface area contributed by atoms with Crippen molar-refractivity contribution >= 4 is 29.1 Å². The lowest BCUT2D eigenvalue weighted by Crippen LogP contribution is -2.36. The molecule has 1 aromatic carbocycles. The van der Waals surface area contributed by atoms with E-state index >= 15 is 0 Å². The maximum Gasteiger partial charge on any atom is 0.257 e. The van der Waals surface area contributed by atoms with Crippen LogP contribution < -0.4 is 4.74 Å².